The Morgan fingerprint density at radius 2 is 2.22 bits per heavy atom. The Bertz CT molecular complexity index is 685. The third-order valence-electron chi connectivity index (χ3n) is 3.58. The van der Waals surface area contributed by atoms with Crippen molar-refractivity contribution in [1.29, 1.82) is 0 Å². The number of aryl methyl sites for hydroxylation is 1. The summed E-state index contributed by atoms with van der Waals surface area (Å²) in [5.41, 5.74) is 3.19. The van der Waals surface area contributed by atoms with Crippen LogP contribution in [0.15, 0.2) is 18.2 Å². The SMILES string of the molecule is Cc1ccc2[nH]c(=S)n(C3CCN(C)C3=O)c2c1. The van der Waals surface area contributed by atoms with E-state index >= 15 is 0 Å². The lowest BCUT2D eigenvalue weighted by molar-refractivity contribution is -0.129. The Kier molecular flexibility index (Phi) is 2.52. The summed E-state index contributed by atoms with van der Waals surface area (Å²) < 4.78 is 2.59. The minimum atomic E-state index is -0.155. The van der Waals surface area contributed by atoms with Gasteiger partial charge in [0, 0.05) is 13.6 Å². The normalized spacial score (nSPS) is 20.0. The van der Waals surface area contributed by atoms with Crippen LogP contribution in [0.4, 0.5) is 0 Å². The van der Waals surface area contributed by atoms with Gasteiger partial charge in [-0.25, -0.2) is 0 Å². The minimum absolute atomic E-state index is 0.147. The van der Waals surface area contributed by atoms with Crippen LogP contribution in [0, 0.1) is 11.7 Å². The second-order valence-corrected chi connectivity index (χ2v) is 5.27. The number of fused-ring (bicyclic) bond motifs is 1. The highest BCUT2D eigenvalue weighted by Crippen LogP contribution is 2.27. The average molecular weight is 261 g/mol. The zero-order chi connectivity index (χ0) is 12.9. The first-order valence-corrected chi connectivity index (χ1v) is 6.44. The number of benzene rings is 1. The first-order valence-electron chi connectivity index (χ1n) is 6.04. The maximum Gasteiger partial charge on any atom is 0.245 e. The van der Waals surface area contributed by atoms with Gasteiger partial charge in [-0.2, -0.15) is 0 Å². The predicted molar refractivity (Wildman–Crippen MR) is 73.2 cm³/mol. The van der Waals surface area contributed by atoms with Crippen LogP contribution in [0.1, 0.15) is 18.0 Å². The van der Waals surface area contributed by atoms with E-state index < -0.39 is 0 Å². The molecule has 0 aliphatic carbocycles. The maximum absolute atomic E-state index is 12.1. The zero-order valence-corrected chi connectivity index (χ0v) is 11.3. The molecule has 1 amide bonds. The van der Waals surface area contributed by atoms with E-state index in [1.54, 1.807) is 4.90 Å². The molecule has 1 aromatic carbocycles. The van der Waals surface area contributed by atoms with Gasteiger partial charge in [-0.1, -0.05) is 6.07 Å². The van der Waals surface area contributed by atoms with E-state index in [9.17, 15) is 4.79 Å². The lowest BCUT2D eigenvalue weighted by Gasteiger charge is -2.12. The van der Waals surface area contributed by atoms with Crippen molar-refractivity contribution in [1.82, 2.24) is 14.5 Å². The summed E-state index contributed by atoms with van der Waals surface area (Å²) in [6.45, 7) is 2.84. The summed E-state index contributed by atoms with van der Waals surface area (Å²) in [6.07, 6.45) is 0.824. The summed E-state index contributed by atoms with van der Waals surface area (Å²) in [5.74, 6) is 0.147. The van der Waals surface area contributed by atoms with Crippen LogP contribution >= 0.6 is 12.2 Å². The Morgan fingerprint density at radius 1 is 1.44 bits per heavy atom. The van der Waals surface area contributed by atoms with Crippen LogP contribution < -0.4 is 0 Å². The van der Waals surface area contributed by atoms with Gasteiger partial charge >= 0.3 is 0 Å². The fraction of sp³-hybridized carbons (Fsp3) is 0.385. The topological polar surface area (TPSA) is 41.0 Å². The largest absolute Gasteiger partial charge is 0.344 e. The van der Waals surface area contributed by atoms with E-state index in [-0.39, 0.29) is 11.9 Å². The molecule has 1 aliphatic rings. The molecule has 1 N–H and O–H groups in total. The van der Waals surface area contributed by atoms with Gasteiger partial charge in [0.1, 0.15) is 6.04 Å². The molecule has 0 bridgehead atoms. The summed E-state index contributed by atoms with van der Waals surface area (Å²) in [7, 11) is 1.84. The molecule has 5 heteroatoms. The monoisotopic (exact) mass is 261 g/mol. The van der Waals surface area contributed by atoms with Crippen molar-refractivity contribution in [3.63, 3.8) is 0 Å². The van der Waals surface area contributed by atoms with E-state index in [1.165, 1.54) is 5.56 Å². The van der Waals surface area contributed by atoms with Crippen molar-refractivity contribution in [2.24, 2.45) is 0 Å². The highest BCUT2D eigenvalue weighted by Gasteiger charge is 2.31. The lowest BCUT2D eigenvalue weighted by atomic mass is 10.2. The molecule has 4 nitrogen and oxygen atoms in total. The molecular weight excluding hydrogens is 246 g/mol. The van der Waals surface area contributed by atoms with E-state index in [1.807, 2.05) is 30.7 Å². The van der Waals surface area contributed by atoms with Crippen LogP contribution in [0.3, 0.4) is 0 Å². The van der Waals surface area contributed by atoms with E-state index in [0.29, 0.717) is 4.77 Å². The number of aromatic amines is 1. The summed E-state index contributed by atoms with van der Waals surface area (Å²) in [4.78, 5) is 17.1. The van der Waals surface area contributed by atoms with Crippen LogP contribution in [-0.2, 0) is 4.79 Å². The molecule has 94 valence electrons. The number of rotatable bonds is 1. The molecule has 0 spiro atoms. The predicted octanol–water partition coefficient (Wildman–Crippen LogP) is 2.41. The van der Waals surface area contributed by atoms with Crippen LogP contribution in [-0.4, -0.2) is 34.0 Å². The first kappa shape index (κ1) is 11.5. The number of likely N-dealkylation sites (tertiary alicyclic amines) is 1. The smallest absolute Gasteiger partial charge is 0.245 e. The molecule has 2 heterocycles. The molecule has 1 atom stereocenters. The van der Waals surface area contributed by atoms with Gasteiger partial charge in [-0.15, -0.1) is 0 Å². The molecule has 2 aromatic rings. The second kappa shape index (κ2) is 3.95. The van der Waals surface area contributed by atoms with Gasteiger partial charge < -0.3 is 14.5 Å². The molecule has 3 rings (SSSR count). The van der Waals surface area contributed by atoms with Gasteiger partial charge in [0.05, 0.1) is 11.0 Å². The number of hydrogen-bond acceptors (Lipinski definition) is 2. The number of hydrogen-bond donors (Lipinski definition) is 1. The fourth-order valence-corrected chi connectivity index (χ4v) is 2.92. The van der Waals surface area contributed by atoms with Crippen LogP contribution in [0.2, 0.25) is 0 Å². The van der Waals surface area contributed by atoms with Crippen LogP contribution in [0.5, 0.6) is 0 Å². The summed E-state index contributed by atoms with van der Waals surface area (Å²) in [5, 5.41) is 0. The average Bonchev–Trinajstić information content (AvgIpc) is 2.81. The molecule has 1 fully saturated rings. The number of aromatic nitrogens is 2. The minimum Gasteiger partial charge on any atom is -0.344 e. The third-order valence-corrected chi connectivity index (χ3v) is 3.88. The quantitative estimate of drug-likeness (QED) is 0.801. The number of carbonyl (C=O) groups excluding carboxylic acids is 1. The molecule has 0 radical (unpaired) electrons. The number of likely N-dealkylation sites (N-methyl/N-ethyl adjacent to an activating group) is 1. The highest BCUT2D eigenvalue weighted by atomic mass is 32.1. The number of nitrogens with zero attached hydrogens (tertiary/aromatic N) is 2. The third kappa shape index (κ3) is 1.58. The van der Waals surface area contributed by atoms with Gasteiger partial charge in [0.15, 0.2) is 4.77 Å². The summed E-state index contributed by atoms with van der Waals surface area (Å²) >= 11 is 5.36. The Labute approximate surface area is 110 Å². The van der Waals surface area contributed by atoms with Gasteiger partial charge in [0.25, 0.3) is 0 Å². The lowest BCUT2D eigenvalue weighted by Crippen LogP contribution is -2.24. The van der Waals surface area contributed by atoms with Crippen molar-refractivity contribution in [2.75, 3.05) is 13.6 Å². The number of amides is 1. The molecular formula is C13H15N3OS. The number of carbonyl (C=O) groups is 1. The summed E-state index contributed by atoms with van der Waals surface area (Å²) in [6, 6.07) is 5.98. The van der Waals surface area contributed by atoms with Gasteiger partial charge in [-0.05, 0) is 43.3 Å². The fourth-order valence-electron chi connectivity index (χ4n) is 2.58. The van der Waals surface area contributed by atoms with Crippen molar-refractivity contribution >= 4 is 29.2 Å². The van der Waals surface area contributed by atoms with Crippen molar-refractivity contribution in [3.8, 4) is 0 Å². The molecule has 1 aromatic heterocycles. The Morgan fingerprint density at radius 3 is 2.89 bits per heavy atom. The number of nitrogens with one attached hydrogen (secondary N) is 1. The standard InChI is InChI=1S/C13H15N3OS/c1-8-3-4-9-11(7-8)16(13(18)14-9)10-5-6-15(2)12(10)17/h3-4,7,10H,5-6H2,1-2H3,(H,14,18). The number of H-pyrrole nitrogens is 1. The highest BCUT2D eigenvalue weighted by molar-refractivity contribution is 7.71. The maximum atomic E-state index is 12.1. The Hall–Kier alpha value is -1.62. The molecule has 18 heavy (non-hydrogen) atoms. The van der Waals surface area contributed by atoms with E-state index in [2.05, 4.69) is 11.1 Å². The number of imidazole rings is 1. The molecule has 1 unspecified atom stereocenters. The molecule has 0 saturated carbocycles. The van der Waals surface area contributed by atoms with Crippen molar-refractivity contribution < 1.29 is 4.79 Å². The van der Waals surface area contributed by atoms with E-state index in [0.717, 1.165) is 24.0 Å². The van der Waals surface area contributed by atoms with E-state index in [4.69, 9.17) is 12.2 Å². The molecule has 1 saturated heterocycles. The van der Waals surface area contributed by atoms with Gasteiger partial charge in [0.2, 0.25) is 5.91 Å². The van der Waals surface area contributed by atoms with Crippen molar-refractivity contribution in [3.05, 3.63) is 28.5 Å². The van der Waals surface area contributed by atoms with Gasteiger partial charge in [-0.3, -0.25) is 4.79 Å². The first-order chi connectivity index (χ1) is 8.58. The second-order valence-electron chi connectivity index (χ2n) is 4.89. The van der Waals surface area contributed by atoms with Crippen molar-refractivity contribution in [2.45, 2.75) is 19.4 Å². The molecule has 1 aliphatic heterocycles. The Balaban J connectivity index is 2.22. The van der Waals surface area contributed by atoms with Crippen LogP contribution in [0.25, 0.3) is 11.0 Å². The zero-order valence-electron chi connectivity index (χ0n) is 10.4.